The zero-order valence-corrected chi connectivity index (χ0v) is 14.9. The van der Waals surface area contributed by atoms with Gasteiger partial charge < -0.3 is 18.6 Å². The first-order chi connectivity index (χ1) is 12.5. The van der Waals surface area contributed by atoms with Crippen molar-refractivity contribution < 1.29 is 18.7 Å². The third kappa shape index (κ3) is 3.54. The number of carbonyl (C=O) groups excluding carboxylic acids is 2. The number of aryl methyl sites for hydroxylation is 1. The molecule has 26 heavy (non-hydrogen) atoms. The summed E-state index contributed by atoms with van der Waals surface area (Å²) in [6, 6.07) is 12.9. The van der Waals surface area contributed by atoms with Gasteiger partial charge in [0.2, 0.25) is 0 Å². The number of ether oxygens (including phenoxy) is 1. The summed E-state index contributed by atoms with van der Waals surface area (Å²) in [4.78, 5) is 26.0. The molecular weight excluding hydrogens is 332 g/mol. The molecule has 0 atom stereocenters. The Morgan fingerprint density at radius 3 is 2.58 bits per heavy atom. The van der Waals surface area contributed by atoms with Crippen LogP contribution in [-0.2, 0) is 11.3 Å². The van der Waals surface area contributed by atoms with Gasteiger partial charge in [0.1, 0.15) is 17.1 Å². The minimum Gasteiger partial charge on any atom is -0.465 e. The lowest BCUT2D eigenvalue weighted by atomic mass is 10.1. The van der Waals surface area contributed by atoms with Gasteiger partial charge in [0.05, 0.1) is 13.7 Å². The molecule has 2 aromatic heterocycles. The number of benzene rings is 1. The van der Waals surface area contributed by atoms with E-state index < -0.39 is 5.97 Å². The number of aromatic nitrogens is 1. The van der Waals surface area contributed by atoms with Crippen LogP contribution in [0.15, 0.2) is 59.3 Å². The first-order valence-corrected chi connectivity index (χ1v) is 8.16. The van der Waals surface area contributed by atoms with Crippen LogP contribution in [0.3, 0.4) is 0 Å². The molecule has 3 aromatic rings. The summed E-state index contributed by atoms with van der Waals surface area (Å²) in [7, 11) is 3.02. The second-order valence-corrected chi connectivity index (χ2v) is 5.98. The van der Waals surface area contributed by atoms with Crippen LogP contribution in [0, 0.1) is 6.92 Å². The van der Waals surface area contributed by atoms with Crippen molar-refractivity contribution in [1.29, 1.82) is 0 Å². The monoisotopic (exact) mass is 352 g/mol. The van der Waals surface area contributed by atoms with Gasteiger partial charge in [-0.2, -0.15) is 0 Å². The van der Waals surface area contributed by atoms with E-state index in [1.54, 1.807) is 31.0 Å². The Morgan fingerprint density at radius 1 is 1.15 bits per heavy atom. The van der Waals surface area contributed by atoms with Gasteiger partial charge in [-0.05, 0) is 43.3 Å². The molecule has 134 valence electrons. The molecule has 6 heteroatoms. The first-order valence-electron chi connectivity index (χ1n) is 8.16. The van der Waals surface area contributed by atoms with Crippen molar-refractivity contribution in [2.24, 2.45) is 0 Å². The average Bonchev–Trinajstić information content (AvgIpc) is 3.30. The molecule has 1 aromatic carbocycles. The van der Waals surface area contributed by atoms with E-state index in [1.165, 1.54) is 7.11 Å². The summed E-state index contributed by atoms with van der Waals surface area (Å²) in [5.41, 5.74) is 1.86. The van der Waals surface area contributed by atoms with Gasteiger partial charge in [0.15, 0.2) is 0 Å². The third-order valence-electron chi connectivity index (χ3n) is 4.11. The highest BCUT2D eigenvalue weighted by Gasteiger charge is 2.19. The minimum absolute atomic E-state index is 0.132. The minimum atomic E-state index is -0.453. The van der Waals surface area contributed by atoms with E-state index in [9.17, 15) is 9.59 Å². The van der Waals surface area contributed by atoms with Crippen LogP contribution >= 0.6 is 0 Å². The lowest BCUT2D eigenvalue weighted by molar-refractivity contribution is 0.0598. The summed E-state index contributed by atoms with van der Waals surface area (Å²) in [5.74, 6) is 0.418. The molecule has 6 nitrogen and oxygen atoms in total. The molecule has 0 saturated heterocycles. The Bertz CT molecular complexity index is 925. The average molecular weight is 352 g/mol. The lowest BCUT2D eigenvalue weighted by Gasteiger charge is -2.16. The smallest absolute Gasteiger partial charge is 0.341 e. The number of rotatable bonds is 5. The topological polar surface area (TPSA) is 64.7 Å². The Balaban J connectivity index is 1.76. The van der Waals surface area contributed by atoms with E-state index in [0.29, 0.717) is 22.6 Å². The van der Waals surface area contributed by atoms with Gasteiger partial charge in [-0.15, -0.1) is 0 Å². The normalized spacial score (nSPS) is 10.6. The van der Waals surface area contributed by atoms with Crippen molar-refractivity contribution in [3.05, 3.63) is 77.5 Å². The van der Waals surface area contributed by atoms with Gasteiger partial charge in [0.25, 0.3) is 5.91 Å². The van der Waals surface area contributed by atoms with Crippen LogP contribution in [0.4, 0.5) is 0 Å². The fourth-order valence-electron chi connectivity index (χ4n) is 2.77. The number of amides is 1. The second kappa shape index (κ2) is 7.31. The molecule has 0 bridgehead atoms. The van der Waals surface area contributed by atoms with Gasteiger partial charge in [-0.3, -0.25) is 4.79 Å². The molecule has 0 fully saturated rings. The first kappa shape index (κ1) is 17.5. The van der Waals surface area contributed by atoms with Crippen molar-refractivity contribution in [2.45, 2.75) is 13.5 Å². The summed E-state index contributed by atoms with van der Waals surface area (Å²) >= 11 is 0. The maximum atomic E-state index is 12.7. The van der Waals surface area contributed by atoms with Gasteiger partial charge in [-0.1, -0.05) is 6.07 Å². The van der Waals surface area contributed by atoms with Crippen LogP contribution in [-0.4, -0.2) is 35.5 Å². The molecular formula is C20H20N2O4. The molecule has 1 amide bonds. The highest BCUT2D eigenvalue weighted by molar-refractivity contribution is 5.94. The number of hydrogen-bond acceptors (Lipinski definition) is 4. The molecule has 0 spiro atoms. The van der Waals surface area contributed by atoms with Gasteiger partial charge in [0, 0.05) is 30.7 Å². The molecule has 0 unspecified atom stereocenters. The van der Waals surface area contributed by atoms with E-state index in [2.05, 4.69) is 0 Å². The summed E-state index contributed by atoms with van der Waals surface area (Å²) < 4.78 is 12.2. The molecule has 0 radical (unpaired) electrons. The fraction of sp³-hybridized carbons (Fsp3) is 0.200. The van der Waals surface area contributed by atoms with E-state index in [4.69, 9.17) is 9.15 Å². The third-order valence-corrected chi connectivity index (χ3v) is 4.11. The molecule has 0 saturated carbocycles. The van der Waals surface area contributed by atoms with Crippen LogP contribution in [0.5, 0.6) is 0 Å². The summed E-state index contributed by atoms with van der Waals surface area (Å²) in [6.45, 7) is 1.95. The molecule has 0 aliphatic rings. The Kier molecular flexibility index (Phi) is 4.93. The number of carbonyl (C=O) groups is 2. The number of methoxy groups -OCH3 is 1. The number of furan rings is 1. The van der Waals surface area contributed by atoms with Crippen molar-refractivity contribution >= 4 is 11.9 Å². The zero-order chi connectivity index (χ0) is 18.7. The second-order valence-electron chi connectivity index (χ2n) is 5.98. The molecule has 0 aliphatic heterocycles. The van der Waals surface area contributed by atoms with Gasteiger partial charge in [-0.25, -0.2) is 4.79 Å². The predicted octanol–water partition coefficient (Wildman–Crippen LogP) is 3.44. The van der Waals surface area contributed by atoms with Crippen molar-refractivity contribution in [3.63, 3.8) is 0 Å². The van der Waals surface area contributed by atoms with Crippen LogP contribution in [0.2, 0.25) is 0 Å². The number of esters is 1. The van der Waals surface area contributed by atoms with Crippen molar-refractivity contribution in [3.8, 4) is 5.69 Å². The molecule has 0 N–H and O–H groups in total. The molecule has 2 heterocycles. The standard InChI is InChI=1S/C20H20N2O4/c1-14-18(20(24)25-3)12-17(26-14)13-21(2)19(23)15-7-6-8-16(11-15)22-9-4-5-10-22/h4-12H,13H2,1-3H3. The number of hydrogen-bond donors (Lipinski definition) is 0. The number of nitrogens with zero attached hydrogens (tertiary/aromatic N) is 2. The fourth-order valence-corrected chi connectivity index (χ4v) is 2.77. The van der Waals surface area contributed by atoms with E-state index in [0.717, 1.165) is 5.69 Å². The Morgan fingerprint density at radius 2 is 1.88 bits per heavy atom. The quantitative estimate of drug-likeness (QED) is 0.660. The lowest BCUT2D eigenvalue weighted by Crippen LogP contribution is -2.26. The SMILES string of the molecule is COC(=O)c1cc(CN(C)C(=O)c2cccc(-n3cccc3)c2)oc1C. The molecule has 3 rings (SSSR count). The largest absolute Gasteiger partial charge is 0.465 e. The Hall–Kier alpha value is -3.28. The maximum absolute atomic E-state index is 12.7. The van der Waals surface area contributed by atoms with E-state index in [1.807, 2.05) is 47.3 Å². The Labute approximate surface area is 151 Å². The van der Waals surface area contributed by atoms with Crippen LogP contribution in [0.25, 0.3) is 5.69 Å². The van der Waals surface area contributed by atoms with E-state index in [-0.39, 0.29) is 12.5 Å². The van der Waals surface area contributed by atoms with Crippen molar-refractivity contribution in [2.75, 3.05) is 14.2 Å². The molecule has 0 aliphatic carbocycles. The van der Waals surface area contributed by atoms with E-state index >= 15 is 0 Å². The zero-order valence-electron chi connectivity index (χ0n) is 14.9. The highest BCUT2D eigenvalue weighted by atomic mass is 16.5. The summed E-state index contributed by atoms with van der Waals surface area (Å²) in [5, 5.41) is 0. The maximum Gasteiger partial charge on any atom is 0.341 e. The van der Waals surface area contributed by atoms with Crippen LogP contribution < -0.4 is 0 Å². The van der Waals surface area contributed by atoms with Gasteiger partial charge >= 0.3 is 5.97 Å². The van der Waals surface area contributed by atoms with Crippen molar-refractivity contribution in [1.82, 2.24) is 9.47 Å². The summed E-state index contributed by atoms with van der Waals surface area (Å²) in [6.07, 6.45) is 3.85. The predicted molar refractivity (Wildman–Crippen MR) is 96.4 cm³/mol. The van der Waals surface area contributed by atoms with Crippen LogP contribution in [0.1, 0.15) is 32.2 Å². The highest BCUT2D eigenvalue weighted by Crippen LogP contribution is 2.18.